The van der Waals surface area contributed by atoms with Gasteiger partial charge in [-0.2, -0.15) is 0 Å². The molecule has 19 heavy (non-hydrogen) atoms. The molecule has 104 valence electrons. The lowest BCUT2D eigenvalue weighted by Gasteiger charge is -2.36. The topological polar surface area (TPSA) is 33.2 Å². The Bertz CT molecular complexity index is 457. The summed E-state index contributed by atoms with van der Waals surface area (Å²) in [6, 6.07) is 1.83. The summed E-state index contributed by atoms with van der Waals surface area (Å²) in [7, 11) is 0. The fraction of sp³-hybridized carbons (Fsp3) is 0.600. The minimum atomic E-state index is -0.358. The van der Waals surface area contributed by atoms with Gasteiger partial charge in [-0.3, -0.25) is 14.7 Å². The van der Waals surface area contributed by atoms with Crippen molar-refractivity contribution in [2.75, 3.05) is 13.1 Å². The maximum atomic E-state index is 12.7. The van der Waals surface area contributed by atoms with Gasteiger partial charge in [0, 0.05) is 18.8 Å². The van der Waals surface area contributed by atoms with Gasteiger partial charge >= 0.3 is 0 Å². The van der Waals surface area contributed by atoms with Crippen LogP contribution in [-0.4, -0.2) is 34.3 Å². The number of hydrogen-bond donors (Lipinski definition) is 0. The molecule has 4 heteroatoms. The quantitative estimate of drug-likeness (QED) is 0.831. The zero-order chi connectivity index (χ0) is 13.9. The second-order valence-electron chi connectivity index (χ2n) is 5.39. The van der Waals surface area contributed by atoms with E-state index in [2.05, 4.69) is 23.7 Å². The van der Waals surface area contributed by atoms with Gasteiger partial charge in [-0.1, -0.05) is 18.5 Å². The normalized spacial score (nSPS) is 19.3. The Hall–Kier alpha value is -0.930. The van der Waals surface area contributed by atoms with Crippen LogP contribution in [-0.2, 0) is 11.2 Å². The fourth-order valence-corrected chi connectivity index (χ4v) is 2.90. The van der Waals surface area contributed by atoms with Crippen molar-refractivity contribution in [3.8, 4) is 0 Å². The molecule has 0 saturated carbocycles. The van der Waals surface area contributed by atoms with Crippen LogP contribution in [0.3, 0.4) is 0 Å². The number of nitrogens with zero attached hydrogens (tertiary/aromatic N) is 2. The molecule has 1 aliphatic rings. The highest BCUT2D eigenvalue weighted by Gasteiger charge is 2.38. The maximum absolute atomic E-state index is 12.7. The molecule has 0 spiro atoms. The second-order valence-corrected chi connectivity index (χ2v) is 5.80. The number of carbonyl (C=O) groups excluding carboxylic acids is 1. The van der Waals surface area contributed by atoms with Gasteiger partial charge in [-0.25, -0.2) is 0 Å². The van der Waals surface area contributed by atoms with Gasteiger partial charge in [-0.05, 0) is 50.9 Å². The predicted octanol–water partition coefficient (Wildman–Crippen LogP) is 3.11. The molecule has 0 bridgehead atoms. The summed E-state index contributed by atoms with van der Waals surface area (Å²) in [5.74, 6) is 0.255. The first kappa shape index (κ1) is 14.5. The first-order valence-electron chi connectivity index (χ1n) is 6.94. The van der Waals surface area contributed by atoms with Crippen LogP contribution in [0.25, 0.3) is 0 Å². The molecular formula is C15H21ClN2O. The van der Waals surface area contributed by atoms with Crippen LogP contribution in [0, 0.1) is 0 Å². The van der Waals surface area contributed by atoms with Gasteiger partial charge in [0.1, 0.15) is 0 Å². The van der Waals surface area contributed by atoms with Crippen molar-refractivity contribution in [1.29, 1.82) is 0 Å². The van der Waals surface area contributed by atoms with E-state index in [0.717, 1.165) is 25.1 Å². The second kappa shape index (κ2) is 6.02. The number of ketones is 1. The highest BCUT2D eigenvalue weighted by atomic mass is 35.5. The zero-order valence-electron chi connectivity index (χ0n) is 11.7. The van der Waals surface area contributed by atoms with Crippen LogP contribution < -0.4 is 0 Å². The fourth-order valence-electron chi connectivity index (χ4n) is 2.72. The Balaban J connectivity index is 2.15. The lowest BCUT2D eigenvalue weighted by Crippen LogP contribution is -2.51. The summed E-state index contributed by atoms with van der Waals surface area (Å²) in [5, 5.41) is 0.579. The van der Waals surface area contributed by atoms with Gasteiger partial charge in [-0.15, -0.1) is 0 Å². The monoisotopic (exact) mass is 280 g/mol. The van der Waals surface area contributed by atoms with Crippen LogP contribution in [0.5, 0.6) is 0 Å². The van der Waals surface area contributed by atoms with Gasteiger partial charge in [0.25, 0.3) is 0 Å². The number of pyridine rings is 1. The number of aromatic nitrogens is 1. The van der Waals surface area contributed by atoms with Gasteiger partial charge < -0.3 is 0 Å². The molecule has 1 unspecified atom stereocenters. The summed E-state index contributed by atoms with van der Waals surface area (Å²) in [6.07, 6.45) is 6.91. The lowest BCUT2D eigenvalue weighted by atomic mass is 9.87. The number of likely N-dealkylation sites (tertiary alicyclic amines) is 1. The average Bonchev–Trinajstić information content (AvgIpc) is 2.95. The van der Waals surface area contributed by atoms with Gasteiger partial charge in [0.2, 0.25) is 0 Å². The van der Waals surface area contributed by atoms with Crippen molar-refractivity contribution in [3.63, 3.8) is 0 Å². The van der Waals surface area contributed by atoms with Crippen LogP contribution in [0.1, 0.15) is 38.7 Å². The molecule has 0 aromatic carbocycles. The molecule has 1 aliphatic heterocycles. The molecule has 0 radical (unpaired) electrons. The third kappa shape index (κ3) is 2.98. The number of carbonyl (C=O) groups is 1. The maximum Gasteiger partial charge on any atom is 0.157 e. The first-order valence-corrected chi connectivity index (χ1v) is 7.32. The molecule has 2 rings (SSSR count). The lowest BCUT2D eigenvalue weighted by molar-refractivity contribution is -0.129. The number of halogens is 1. The van der Waals surface area contributed by atoms with E-state index >= 15 is 0 Å². The Kier molecular flexibility index (Phi) is 4.58. The Morgan fingerprint density at radius 2 is 2.16 bits per heavy atom. The summed E-state index contributed by atoms with van der Waals surface area (Å²) in [5.41, 5.74) is 0.517. The van der Waals surface area contributed by atoms with Crippen molar-refractivity contribution in [1.82, 2.24) is 9.88 Å². The Morgan fingerprint density at radius 1 is 1.47 bits per heavy atom. The standard InChI is InChI=1S/C15H21ClN2O/c1-3-15(2,18-8-4-5-9-18)14(19)10-12-6-7-17-11-13(12)16/h6-7,11H,3-5,8-10H2,1-2H3. The van der Waals surface area contributed by atoms with Crippen molar-refractivity contribution in [3.05, 3.63) is 29.0 Å². The van der Waals surface area contributed by atoms with E-state index < -0.39 is 0 Å². The molecule has 1 fully saturated rings. The van der Waals surface area contributed by atoms with E-state index in [1.165, 1.54) is 12.8 Å². The molecule has 1 aromatic rings. The van der Waals surface area contributed by atoms with Gasteiger partial charge in [0.15, 0.2) is 5.78 Å². The molecule has 0 aliphatic carbocycles. The summed E-state index contributed by atoms with van der Waals surface area (Å²) in [6.45, 7) is 6.21. The number of hydrogen-bond acceptors (Lipinski definition) is 3. The van der Waals surface area contributed by atoms with Crippen LogP contribution in [0.2, 0.25) is 5.02 Å². The highest BCUT2D eigenvalue weighted by molar-refractivity contribution is 6.31. The zero-order valence-corrected chi connectivity index (χ0v) is 12.4. The summed E-state index contributed by atoms with van der Waals surface area (Å²) in [4.78, 5) is 19.0. The van der Waals surface area contributed by atoms with E-state index in [0.29, 0.717) is 11.4 Å². The molecule has 1 atom stereocenters. The molecule has 1 aromatic heterocycles. The van der Waals surface area contributed by atoms with E-state index in [4.69, 9.17) is 11.6 Å². The van der Waals surface area contributed by atoms with E-state index in [1.807, 2.05) is 6.07 Å². The predicted molar refractivity (Wildman–Crippen MR) is 77.5 cm³/mol. The molecular weight excluding hydrogens is 260 g/mol. The van der Waals surface area contributed by atoms with E-state index in [-0.39, 0.29) is 11.3 Å². The molecule has 0 N–H and O–H groups in total. The minimum absolute atomic E-state index is 0.255. The first-order chi connectivity index (χ1) is 9.08. The molecule has 3 nitrogen and oxygen atoms in total. The SMILES string of the molecule is CCC(C)(C(=O)Cc1ccncc1Cl)N1CCCC1. The van der Waals surface area contributed by atoms with Crippen molar-refractivity contribution in [2.45, 2.75) is 45.1 Å². The van der Waals surface area contributed by atoms with Crippen molar-refractivity contribution >= 4 is 17.4 Å². The van der Waals surface area contributed by atoms with Crippen molar-refractivity contribution < 1.29 is 4.79 Å². The highest BCUT2D eigenvalue weighted by Crippen LogP contribution is 2.27. The van der Waals surface area contributed by atoms with E-state index in [1.54, 1.807) is 12.4 Å². The number of rotatable bonds is 5. The summed E-state index contributed by atoms with van der Waals surface area (Å²) >= 11 is 6.09. The number of Topliss-reactive ketones (excluding diaryl/α,β-unsaturated/α-hetero) is 1. The van der Waals surface area contributed by atoms with Gasteiger partial charge in [0.05, 0.1) is 10.6 Å². The molecule has 0 amide bonds. The Morgan fingerprint density at radius 3 is 2.74 bits per heavy atom. The smallest absolute Gasteiger partial charge is 0.157 e. The van der Waals surface area contributed by atoms with E-state index in [9.17, 15) is 4.79 Å². The van der Waals surface area contributed by atoms with Crippen LogP contribution in [0.15, 0.2) is 18.5 Å². The summed E-state index contributed by atoms with van der Waals surface area (Å²) < 4.78 is 0. The third-order valence-electron chi connectivity index (χ3n) is 4.30. The minimum Gasteiger partial charge on any atom is -0.297 e. The average molecular weight is 281 g/mol. The van der Waals surface area contributed by atoms with Crippen LogP contribution in [0.4, 0.5) is 0 Å². The van der Waals surface area contributed by atoms with Crippen molar-refractivity contribution in [2.24, 2.45) is 0 Å². The largest absolute Gasteiger partial charge is 0.297 e. The van der Waals surface area contributed by atoms with Crippen LogP contribution >= 0.6 is 11.6 Å². The Labute approximate surface area is 120 Å². The third-order valence-corrected chi connectivity index (χ3v) is 4.64. The molecule has 1 saturated heterocycles. The molecule has 2 heterocycles.